The van der Waals surface area contributed by atoms with Gasteiger partial charge in [0.05, 0.1) is 6.54 Å². The number of hydrogen-bond acceptors (Lipinski definition) is 5. The zero-order valence-corrected chi connectivity index (χ0v) is 18.7. The summed E-state index contributed by atoms with van der Waals surface area (Å²) in [7, 11) is 0. The Morgan fingerprint density at radius 2 is 1.71 bits per heavy atom. The first-order valence-corrected chi connectivity index (χ1v) is 10.9. The Kier molecular flexibility index (Phi) is 6.26. The maximum atomic E-state index is 5.44. The fourth-order valence-electron chi connectivity index (χ4n) is 3.57. The highest BCUT2D eigenvalue weighted by molar-refractivity contribution is 5.57. The van der Waals surface area contributed by atoms with Gasteiger partial charge < -0.3 is 4.52 Å². The minimum atomic E-state index is 0.333. The van der Waals surface area contributed by atoms with Crippen molar-refractivity contribution in [1.82, 2.24) is 24.9 Å². The first-order valence-electron chi connectivity index (χ1n) is 10.9. The lowest BCUT2D eigenvalue weighted by Crippen LogP contribution is -2.04. The summed E-state index contributed by atoms with van der Waals surface area (Å²) in [6, 6.07) is 16.7. The summed E-state index contributed by atoms with van der Waals surface area (Å²) in [5.41, 5.74) is 4.68. The molecular weight excluding hydrogens is 386 g/mol. The molecule has 0 radical (unpaired) electrons. The van der Waals surface area contributed by atoms with Gasteiger partial charge >= 0.3 is 0 Å². The van der Waals surface area contributed by atoms with E-state index in [2.05, 4.69) is 58.3 Å². The van der Waals surface area contributed by atoms with Gasteiger partial charge in [0.2, 0.25) is 11.6 Å². The number of aryl methyl sites for hydroxylation is 3. The number of rotatable bonds is 8. The van der Waals surface area contributed by atoms with Gasteiger partial charge in [0.15, 0.2) is 0 Å². The Labute approximate surface area is 183 Å². The van der Waals surface area contributed by atoms with E-state index in [1.54, 1.807) is 0 Å². The zero-order valence-electron chi connectivity index (χ0n) is 18.7. The van der Waals surface area contributed by atoms with Crippen LogP contribution in [0.2, 0.25) is 0 Å². The van der Waals surface area contributed by atoms with Crippen LogP contribution in [0.4, 0.5) is 0 Å². The monoisotopic (exact) mass is 415 g/mol. The van der Waals surface area contributed by atoms with E-state index >= 15 is 0 Å². The van der Waals surface area contributed by atoms with Crippen LogP contribution >= 0.6 is 0 Å². The van der Waals surface area contributed by atoms with Crippen molar-refractivity contribution in [1.29, 1.82) is 0 Å². The number of benzene rings is 2. The van der Waals surface area contributed by atoms with Crippen LogP contribution in [0.25, 0.3) is 23.1 Å². The fourth-order valence-corrected chi connectivity index (χ4v) is 3.57. The molecule has 0 aliphatic heterocycles. The standard InChI is InChI=1S/C25H29N5O/c1-17(2)7-5-8-20-9-6-10-21(15-20)16-30-19(4)26-24(28-30)25-27-23(29-31-25)22-13-11-18(3)12-14-22/h6,9-15,17H,5,7-8,16H2,1-4H3. The van der Waals surface area contributed by atoms with E-state index in [0.29, 0.717) is 24.1 Å². The van der Waals surface area contributed by atoms with Crippen LogP contribution in [-0.2, 0) is 13.0 Å². The third-order valence-corrected chi connectivity index (χ3v) is 5.35. The number of nitrogens with zero attached hydrogens (tertiary/aromatic N) is 5. The summed E-state index contributed by atoms with van der Waals surface area (Å²) in [6.45, 7) is 9.20. The van der Waals surface area contributed by atoms with Gasteiger partial charge in [-0.25, -0.2) is 9.67 Å². The average molecular weight is 416 g/mol. The van der Waals surface area contributed by atoms with Gasteiger partial charge in [0.25, 0.3) is 5.89 Å². The van der Waals surface area contributed by atoms with Crippen molar-refractivity contribution >= 4 is 0 Å². The summed E-state index contributed by atoms with van der Waals surface area (Å²) in [6.07, 6.45) is 3.58. The van der Waals surface area contributed by atoms with Crippen LogP contribution in [0, 0.1) is 19.8 Å². The first kappa shape index (κ1) is 21.0. The summed E-state index contributed by atoms with van der Waals surface area (Å²) >= 11 is 0. The molecule has 6 nitrogen and oxygen atoms in total. The Morgan fingerprint density at radius 3 is 2.48 bits per heavy atom. The average Bonchev–Trinajstić information content (AvgIpc) is 3.36. The molecule has 6 heteroatoms. The van der Waals surface area contributed by atoms with E-state index in [-0.39, 0.29) is 0 Å². The molecule has 0 N–H and O–H groups in total. The molecule has 2 aromatic carbocycles. The first-order chi connectivity index (χ1) is 15.0. The molecule has 2 heterocycles. The van der Waals surface area contributed by atoms with Crippen molar-refractivity contribution in [3.05, 3.63) is 71.0 Å². The molecule has 0 saturated heterocycles. The molecule has 0 unspecified atom stereocenters. The molecule has 4 rings (SSSR count). The van der Waals surface area contributed by atoms with E-state index in [1.165, 1.54) is 29.5 Å². The molecule has 2 aromatic heterocycles. The summed E-state index contributed by atoms with van der Waals surface area (Å²) in [5.74, 6) is 2.89. The van der Waals surface area contributed by atoms with E-state index in [1.807, 2.05) is 42.8 Å². The van der Waals surface area contributed by atoms with Gasteiger partial charge in [-0.2, -0.15) is 4.98 Å². The van der Waals surface area contributed by atoms with Crippen LogP contribution < -0.4 is 0 Å². The molecule has 31 heavy (non-hydrogen) atoms. The van der Waals surface area contributed by atoms with Crippen molar-refractivity contribution in [2.75, 3.05) is 0 Å². The minimum Gasteiger partial charge on any atom is -0.330 e. The second-order valence-corrected chi connectivity index (χ2v) is 8.54. The van der Waals surface area contributed by atoms with Crippen LogP contribution in [0.3, 0.4) is 0 Å². The smallest absolute Gasteiger partial charge is 0.297 e. The molecule has 4 aromatic rings. The quantitative estimate of drug-likeness (QED) is 0.372. The van der Waals surface area contributed by atoms with Crippen LogP contribution in [0.5, 0.6) is 0 Å². The minimum absolute atomic E-state index is 0.333. The van der Waals surface area contributed by atoms with Crippen molar-refractivity contribution in [2.24, 2.45) is 5.92 Å². The van der Waals surface area contributed by atoms with Gasteiger partial charge in [-0.3, -0.25) is 0 Å². The number of hydrogen-bond donors (Lipinski definition) is 0. The van der Waals surface area contributed by atoms with Crippen LogP contribution in [0.1, 0.15) is 49.2 Å². The largest absolute Gasteiger partial charge is 0.330 e. The van der Waals surface area contributed by atoms with E-state index in [9.17, 15) is 0 Å². The highest BCUT2D eigenvalue weighted by Gasteiger charge is 2.17. The van der Waals surface area contributed by atoms with Crippen molar-refractivity contribution in [3.8, 4) is 23.1 Å². The van der Waals surface area contributed by atoms with Gasteiger partial charge in [0, 0.05) is 5.56 Å². The van der Waals surface area contributed by atoms with E-state index in [0.717, 1.165) is 23.7 Å². The van der Waals surface area contributed by atoms with Gasteiger partial charge in [-0.1, -0.05) is 79.5 Å². The Bertz CT molecular complexity index is 1140. The van der Waals surface area contributed by atoms with Crippen molar-refractivity contribution in [2.45, 2.75) is 53.5 Å². The van der Waals surface area contributed by atoms with E-state index < -0.39 is 0 Å². The van der Waals surface area contributed by atoms with Crippen molar-refractivity contribution < 1.29 is 4.52 Å². The van der Waals surface area contributed by atoms with Crippen molar-refractivity contribution in [3.63, 3.8) is 0 Å². The van der Waals surface area contributed by atoms with Gasteiger partial charge in [-0.05, 0) is 43.7 Å². The summed E-state index contributed by atoms with van der Waals surface area (Å²) < 4.78 is 7.32. The predicted molar refractivity (Wildman–Crippen MR) is 122 cm³/mol. The van der Waals surface area contributed by atoms with Crippen LogP contribution in [-0.4, -0.2) is 24.9 Å². The maximum absolute atomic E-state index is 5.44. The summed E-state index contributed by atoms with van der Waals surface area (Å²) in [5, 5.41) is 8.71. The Morgan fingerprint density at radius 1 is 0.935 bits per heavy atom. The lowest BCUT2D eigenvalue weighted by atomic mass is 10.0. The van der Waals surface area contributed by atoms with E-state index in [4.69, 9.17) is 4.52 Å². The fraction of sp³-hybridized carbons (Fsp3) is 0.360. The molecule has 0 aliphatic rings. The molecule has 0 bridgehead atoms. The third kappa shape index (κ3) is 5.26. The summed E-state index contributed by atoms with van der Waals surface area (Å²) in [4.78, 5) is 9.03. The molecule has 0 saturated carbocycles. The molecule has 160 valence electrons. The van der Waals surface area contributed by atoms with Gasteiger partial charge in [-0.15, -0.1) is 5.10 Å². The molecule has 0 atom stereocenters. The Hall–Kier alpha value is -3.28. The third-order valence-electron chi connectivity index (χ3n) is 5.35. The topological polar surface area (TPSA) is 69.6 Å². The highest BCUT2D eigenvalue weighted by Crippen LogP contribution is 2.21. The Balaban J connectivity index is 1.48. The second kappa shape index (κ2) is 9.25. The molecule has 0 aliphatic carbocycles. The zero-order chi connectivity index (χ0) is 21.8. The van der Waals surface area contributed by atoms with Gasteiger partial charge in [0.1, 0.15) is 5.82 Å². The molecule has 0 spiro atoms. The maximum Gasteiger partial charge on any atom is 0.297 e. The molecule has 0 amide bonds. The van der Waals surface area contributed by atoms with Crippen LogP contribution in [0.15, 0.2) is 53.1 Å². The second-order valence-electron chi connectivity index (χ2n) is 8.54. The lowest BCUT2D eigenvalue weighted by molar-refractivity contribution is 0.429. The lowest BCUT2D eigenvalue weighted by Gasteiger charge is -2.08. The number of aromatic nitrogens is 5. The SMILES string of the molecule is Cc1ccc(-c2noc(-c3nc(C)n(Cc4cccc(CCCC(C)C)c4)n3)n2)cc1. The molecule has 0 fully saturated rings. The normalized spacial score (nSPS) is 11.4. The highest BCUT2D eigenvalue weighted by atomic mass is 16.5. The predicted octanol–water partition coefficient (Wildman–Crippen LogP) is 5.64. The molecular formula is C25H29N5O.